The van der Waals surface area contributed by atoms with Crippen molar-refractivity contribution in [3.8, 4) is 5.75 Å². The molecule has 0 aliphatic heterocycles. The molecule has 1 aromatic heterocycles. The third-order valence-electron chi connectivity index (χ3n) is 5.39. The fourth-order valence-electron chi connectivity index (χ4n) is 3.74. The van der Waals surface area contributed by atoms with Gasteiger partial charge in [-0.15, -0.1) is 0 Å². The van der Waals surface area contributed by atoms with Gasteiger partial charge in [-0.05, 0) is 63.1 Å². The minimum Gasteiger partial charge on any atom is -0.424 e. The van der Waals surface area contributed by atoms with Crippen molar-refractivity contribution in [2.45, 2.75) is 58.9 Å². The predicted molar refractivity (Wildman–Crippen MR) is 142 cm³/mol. The molecule has 180 valence electrons. The number of ketones is 1. The van der Waals surface area contributed by atoms with Crippen LogP contribution in [0, 0.1) is 6.92 Å². The van der Waals surface area contributed by atoms with Crippen LogP contribution in [0.4, 0.5) is 5.69 Å². The Kier molecular flexibility index (Phi) is 8.61. The lowest BCUT2D eigenvalue weighted by atomic mass is 9.90. The second kappa shape index (κ2) is 11.1. The highest BCUT2D eigenvalue weighted by molar-refractivity contribution is 9.10. The minimum atomic E-state index is -0.671. The second-order valence-electron chi connectivity index (χ2n) is 8.89. The standard InChI is InChI=1S/C26H27BrCl2N2O3/c1-5-6-7-23(33)34-22-13-17(28)9-11-20(22)31-26(3,4)14-21(32)24-15(2)25(29)30-19-10-8-16(27)12-18(19)24/h8-13,31H,5-7,14H2,1-4H3. The molecule has 2 aromatic carbocycles. The van der Waals surface area contributed by atoms with E-state index in [1.165, 1.54) is 0 Å². The summed E-state index contributed by atoms with van der Waals surface area (Å²) in [5.41, 5.74) is 1.77. The van der Waals surface area contributed by atoms with Crippen molar-refractivity contribution in [3.63, 3.8) is 0 Å². The summed E-state index contributed by atoms with van der Waals surface area (Å²) in [7, 11) is 0. The topological polar surface area (TPSA) is 68.3 Å². The zero-order valence-electron chi connectivity index (χ0n) is 19.6. The summed E-state index contributed by atoms with van der Waals surface area (Å²) in [6, 6.07) is 10.6. The zero-order chi connectivity index (χ0) is 25.0. The van der Waals surface area contributed by atoms with E-state index < -0.39 is 5.54 Å². The highest BCUT2D eigenvalue weighted by Crippen LogP contribution is 2.34. The van der Waals surface area contributed by atoms with Crippen LogP contribution in [0.25, 0.3) is 10.9 Å². The summed E-state index contributed by atoms with van der Waals surface area (Å²) in [6.07, 6.45) is 2.14. The van der Waals surface area contributed by atoms with Gasteiger partial charge in [-0.25, -0.2) is 4.98 Å². The van der Waals surface area contributed by atoms with Crippen molar-refractivity contribution in [3.05, 3.63) is 62.2 Å². The second-order valence-corrected chi connectivity index (χ2v) is 10.6. The monoisotopic (exact) mass is 564 g/mol. The van der Waals surface area contributed by atoms with Gasteiger partial charge in [0.15, 0.2) is 11.5 Å². The lowest BCUT2D eigenvalue weighted by molar-refractivity contribution is -0.134. The van der Waals surface area contributed by atoms with Crippen LogP contribution < -0.4 is 10.1 Å². The molecule has 0 aliphatic rings. The van der Waals surface area contributed by atoms with Gasteiger partial charge >= 0.3 is 5.97 Å². The average molecular weight is 566 g/mol. The van der Waals surface area contributed by atoms with Crippen molar-refractivity contribution >= 4 is 67.5 Å². The number of hydrogen-bond donors (Lipinski definition) is 1. The summed E-state index contributed by atoms with van der Waals surface area (Å²) in [6.45, 7) is 7.64. The molecule has 8 heteroatoms. The fourth-order valence-corrected chi connectivity index (χ4v) is 4.45. The first-order valence-electron chi connectivity index (χ1n) is 11.1. The van der Waals surface area contributed by atoms with Gasteiger partial charge in [0.05, 0.1) is 11.2 Å². The average Bonchev–Trinajstić information content (AvgIpc) is 2.75. The Morgan fingerprint density at radius 2 is 1.88 bits per heavy atom. The van der Waals surface area contributed by atoms with Crippen LogP contribution in [-0.2, 0) is 4.79 Å². The number of benzene rings is 2. The quantitative estimate of drug-likeness (QED) is 0.123. The molecule has 3 rings (SSSR count). The van der Waals surface area contributed by atoms with E-state index in [9.17, 15) is 9.59 Å². The molecule has 1 heterocycles. The van der Waals surface area contributed by atoms with Crippen LogP contribution in [0.3, 0.4) is 0 Å². The smallest absolute Gasteiger partial charge is 0.311 e. The molecular weight excluding hydrogens is 539 g/mol. The molecule has 0 amide bonds. The molecule has 0 aliphatic carbocycles. The van der Waals surface area contributed by atoms with E-state index in [0.717, 1.165) is 22.7 Å². The minimum absolute atomic E-state index is 0.0714. The Hall–Kier alpha value is -2.15. The van der Waals surface area contributed by atoms with Gasteiger partial charge < -0.3 is 10.1 Å². The van der Waals surface area contributed by atoms with Gasteiger partial charge in [0.25, 0.3) is 0 Å². The van der Waals surface area contributed by atoms with E-state index in [-0.39, 0.29) is 18.2 Å². The van der Waals surface area contributed by atoms with Crippen molar-refractivity contribution in [2.24, 2.45) is 0 Å². The number of nitrogens with zero attached hydrogens (tertiary/aromatic N) is 1. The third kappa shape index (κ3) is 6.49. The number of aromatic nitrogens is 1. The number of pyridine rings is 1. The molecule has 0 bridgehead atoms. The lowest BCUT2D eigenvalue weighted by Crippen LogP contribution is -2.34. The Morgan fingerprint density at radius 1 is 1.15 bits per heavy atom. The largest absolute Gasteiger partial charge is 0.424 e. The summed E-state index contributed by atoms with van der Waals surface area (Å²) >= 11 is 16.0. The van der Waals surface area contributed by atoms with E-state index in [4.69, 9.17) is 27.9 Å². The van der Waals surface area contributed by atoms with Crippen molar-refractivity contribution in [1.29, 1.82) is 0 Å². The normalized spacial score (nSPS) is 11.5. The predicted octanol–water partition coefficient (Wildman–Crippen LogP) is 8.17. The van der Waals surface area contributed by atoms with Crippen LogP contribution in [0.5, 0.6) is 5.75 Å². The van der Waals surface area contributed by atoms with Crippen molar-refractivity contribution in [1.82, 2.24) is 4.98 Å². The van der Waals surface area contributed by atoms with E-state index in [1.807, 2.05) is 39.0 Å². The first kappa shape index (κ1) is 26.5. The summed E-state index contributed by atoms with van der Waals surface area (Å²) in [5, 5.41) is 4.86. The molecule has 1 N–H and O–H groups in total. The van der Waals surface area contributed by atoms with Gasteiger partial charge in [0.2, 0.25) is 0 Å². The first-order chi connectivity index (χ1) is 16.0. The number of hydrogen-bond acceptors (Lipinski definition) is 5. The Labute approximate surface area is 218 Å². The van der Waals surface area contributed by atoms with Crippen LogP contribution in [0.1, 0.15) is 62.4 Å². The number of unbranched alkanes of at least 4 members (excludes halogenated alkanes) is 1. The van der Waals surface area contributed by atoms with Gasteiger partial charge in [0, 0.05) is 44.9 Å². The van der Waals surface area contributed by atoms with Crippen LogP contribution in [0.15, 0.2) is 40.9 Å². The number of carbonyl (C=O) groups excluding carboxylic acids is 2. The van der Waals surface area contributed by atoms with Crippen LogP contribution in [-0.4, -0.2) is 22.3 Å². The number of anilines is 1. The number of nitrogens with one attached hydrogen (secondary N) is 1. The van der Waals surface area contributed by atoms with E-state index in [1.54, 1.807) is 25.1 Å². The van der Waals surface area contributed by atoms with E-state index in [2.05, 4.69) is 26.2 Å². The summed E-state index contributed by atoms with van der Waals surface area (Å²) < 4.78 is 6.42. The molecule has 3 aromatic rings. The Bertz CT molecular complexity index is 1240. The number of halogens is 3. The molecule has 5 nitrogen and oxygen atoms in total. The van der Waals surface area contributed by atoms with Gasteiger partial charge in [0.1, 0.15) is 5.15 Å². The Morgan fingerprint density at radius 3 is 2.59 bits per heavy atom. The highest BCUT2D eigenvalue weighted by atomic mass is 79.9. The van der Waals surface area contributed by atoms with Crippen LogP contribution in [0.2, 0.25) is 10.2 Å². The van der Waals surface area contributed by atoms with Gasteiger partial charge in [-0.2, -0.15) is 0 Å². The van der Waals surface area contributed by atoms with Crippen molar-refractivity contribution in [2.75, 3.05) is 5.32 Å². The highest BCUT2D eigenvalue weighted by Gasteiger charge is 2.27. The molecule has 0 fully saturated rings. The lowest BCUT2D eigenvalue weighted by Gasteiger charge is -2.28. The summed E-state index contributed by atoms with van der Waals surface area (Å²) in [5.74, 6) is -0.0513. The SMILES string of the molecule is CCCCC(=O)Oc1cc(Cl)ccc1NC(C)(C)CC(=O)c1c(C)c(Cl)nc2ccc(Br)cc12. The number of rotatable bonds is 9. The molecule has 34 heavy (non-hydrogen) atoms. The maximum absolute atomic E-state index is 13.5. The van der Waals surface area contributed by atoms with Crippen molar-refractivity contribution < 1.29 is 14.3 Å². The first-order valence-corrected chi connectivity index (χ1v) is 12.6. The maximum Gasteiger partial charge on any atom is 0.311 e. The van der Waals surface area contributed by atoms with Gasteiger partial charge in [-0.3, -0.25) is 9.59 Å². The summed E-state index contributed by atoms with van der Waals surface area (Å²) in [4.78, 5) is 30.2. The van der Waals surface area contributed by atoms with E-state index >= 15 is 0 Å². The zero-order valence-corrected chi connectivity index (χ0v) is 22.7. The third-order valence-corrected chi connectivity index (χ3v) is 6.48. The molecule has 0 atom stereocenters. The van der Waals surface area contributed by atoms with Gasteiger partial charge in [-0.1, -0.05) is 52.5 Å². The number of Topliss-reactive ketones (excluding diaryl/α,β-unsaturated/α-hetero) is 1. The fraction of sp³-hybridized carbons (Fsp3) is 0.346. The maximum atomic E-state index is 13.5. The van der Waals surface area contributed by atoms with E-state index in [0.29, 0.717) is 44.7 Å². The molecule has 0 saturated heterocycles. The number of esters is 1. The number of carbonyl (C=O) groups is 2. The molecule has 0 spiro atoms. The Balaban J connectivity index is 1.88. The van der Waals surface area contributed by atoms with Crippen LogP contribution >= 0.6 is 39.1 Å². The molecule has 0 saturated carbocycles. The molecule has 0 unspecified atom stereocenters. The molecular formula is C26H27BrCl2N2O3. The molecule has 0 radical (unpaired) electrons. The number of fused-ring (bicyclic) bond motifs is 1. The number of ether oxygens (including phenoxy) is 1.